The van der Waals surface area contributed by atoms with Gasteiger partial charge in [0, 0.05) is 34.8 Å². The van der Waals surface area contributed by atoms with E-state index >= 15 is 0 Å². The van der Waals surface area contributed by atoms with Crippen LogP contribution in [0.3, 0.4) is 0 Å². The number of benzene rings is 3. The molecule has 3 aromatic carbocycles. The maximum Gasteiger partial charge on any atom is 0.274 e. The molecule has 5 rings (SSSR count). The Balaban J connectivity index is 1.30. The van der Waals surface area contributed by atoms with Gasteiger partial charge in [0.25, 0.3) is 17.5 Å². The topological polar surface area (TPSA) is 102 Å². The first-order valence-electron chi connectivity index (χ1n) is 12.1. The quantitative estimate of drug-likeness (QED) is 0.337. The number of nitro groups is 1. The van der Waals surface area contributed by atoms with Gasteiger partial charge in [-0.05, 0) is 54.8 Å². The van der Waals surface area contributed by atoms with Gasteiger partial charge in [-0.2, -0.15) is 0 Å². The summed E-state index contributed by atoms with van der Waals surface area (Å²) in [6.07, 6.45) is 0.553. The fraction of sp³-hybridized carbons (Fsp3) is 0.286. The highest BCUT2D eigenvalue weighted by Crippen LogP contribution is 2.39. The van der Waals surface area contributed by atoms with Crippen LogP contribution >= 0.6 is 15.9 Å². The molecule has 0 saturated carbocycles. The largest absolute Gasteiger partial charge is 0.380 e. The minimum atomic E-state index is -0.516. The fourth-order valence-corrected chi connectivity index (χ4v) is 5.58. The molecule has 1 atom stereocenters. The Morgan fingerprint density at radius 3 is 2.53 bits per heavy atom. The van der Waals surface area contributed by atoms with Gasteiger partial charge in [-0.3, -0.25) is 19.7 Å². The van der Waals surface area contributed by atoms with Crippen molar-refractivity contribution in [2.24, 2.45) is 5.41 Å². The molecule has 0 aliphatic carbocycles. The van der Waals surface area contributed by atoms with Crippen LogP contribution in [-0.4, -0.2) is 54.0 Å². The molecule has 0 radical (unpaired) electrons. The molecule has 2 heterocycles. The number of carbonyl (C=O) groups is 2. The Labute approximate surface area is 227 Å². The number of ether oxygens (including phenoxy) is 1. The number of likely N-dealkylation sites (tertiary alicyclic amines) is 1. The lowest BCUT2D eigenvalue weighted by Gasteiger charge is -2.42. The van der Waals surface area contributed by atoms with Crippen LogP contribution in [-0.2, 0) is 11.2 Å². The van der Waals surface area contributed by atoms with Crippen molar-refractivity contribution < 1.29 is 23.6 Å². The predicted molar refractivity (Wildman–Crippen MR) is 142 cm³/mol. The lowest BCUT2D eigenvalue weighted by molar-refractivity contribution is -0.385. The van der Waals surface area contributed by atoms with Crippen LogP contribution in [0, 0.1) is 28.3 Å². The molecule has 1 N–H and O–H groups in total. The Morgan fingerprint density at radius 2 is 1.89 bits per heavy atom. The molecule has 0 bridgehead atoms. The highest BCUT2D eigenvalue weighted by atomic mass is 79.9. The van der Waals surface area contributed by atoms with Crippen molar-refractivity contribution in [2.45, 2.75) is 19.4 Å². The van der Waals surface area contributed by atoms with Gasteiger partial charge in [-0.15, -0.1) is 0 Å². The lowest BCUT2D eigenvalue weighted by atomic mass is 9.81. The molecule has 2 fully saturated rings. The minimum Gasteiger partial charge on any atom is -0.380 e. The van der Waals surface area contributed by atoms with Gasteiger partial charge in [0.15, 0.2) is 0 Å². The first-order valence-corrected chi connectivity index (χ1v) is 12.9. The second-order valence-electron chi connectivity index (χ2n) is 9.93. The molecule has 0 aromatic heterocycles. The number of hydrogen-bond donors (Lipinski definition) is 1. The number of nitrogens with one attached hydrogen (secondary N) is 1. The summed E-state index contributed by atoms with van der Waals surface area (Å²) in [5.74, 6) is -0.869. The fourth-order valence-electron chi connectivity index (χ4n) is 5.14. The van der Waals surface area contributed by atoms with Crippen molar-refractivity contribution in [3.8, 4) is 0 Å². The van der Waals surface area contributed by atoms with E-state index in [1.165, 1.54) is 18.2 Å². The number of nitrogens with zero attached hydrogens (tertiary/aromatic N) is 2. The Morgan fingerprint density at radius 1 is 1.16 bits per heavy atom. The van der Waals surface area contributed by atoms with E-state index in [-0.39, 0.29) is 34.6 Å². The zero-order valence-corrected chi connectivity index (χ0v) is 22.2. The summed E-state index contributed by atoms with van der Waals surface area (Å²) >= 11 is 3.25. The molecule has 2 amide bonds. The molecule has 1 unspecified atom stereocenters. The van der Waals surface area contributed by atoms with E-state index in [1.807, 2.05) is 18.2 Å². The van der Waals surface area contributed by atoms with Crippen LogP contribution in [0.15, 0.2) is 65.1 Å². The minimum absolute atomic E-state index is 0.143. The summed E-state index contributed by atoms with van der Waals surface area (Å²) < 4.78 is 19.4. The predicted octanol–water partition coefficient (Wildman–Crippen LogP) is 4.67. The second-order valence-corrected chi connectivity index (χ2v) is 10.8. The lowest BCUT2D eigenvalue weighted by Crippen LogP contribution is -2.57. The summed E-state index contributed by atoms with van der Waals surface area (Å²) in [7, 11) is 0. The summed E-state index contributed by atoms with van der Waals surface area (Å²) in [5, 5.41) is 14.4. The van der Waals surface area contributed by atoms with Gasteiger partial charge in [0.2, 0.25) is 0 Å². The number of halogens is 2. The molecule has 8 nitrogen and oxygen atoms in total. The Bertz CT molecular complexity index is 1420. The average Bonchev–Trinajstić information content (AvgIpc) is 3.25. The van der Waals surface area contributed by atoms with Gasteiger partial charge >= 0.3 is 0 Å². The molecule has 196 valence electrons. The third kappa shape index (κ3) is 5.06. The van der Waals surface area contributed by atoms with Crippen molar-refractivity contribution in [1.82, 2.24) is 10.2 Å². The normalized spacial score (nSPS) is 17.8. The Hall–Kier alpha value is -3.63. The molecule has 2 saturated heterocycles. The number of amides is 2. The third-order valence-corrected chi connectivity index (χ3v) is 7.76. The van der Waals surface area contributed by atoms with Crippen molar-refractivity contribution >= 4 is 33.4 Å². The van der Waals surface area contributed by atoms with Crippen LogP contribution in [0.2, 0.25) is 0 Å². The van der Waals surface area contributed by atoms with E-state index in [2.05, 4.69) is 21.2 Å². The molecular formula is C28H25BrFN3O5. The molecule has 10 heteroatoms. The number of carbonyl (C=O) groups excluding carboxylic acids is 2. The highest BCUT2D eigenvalue weighted by Gasteiger charge is 2.53. The van der Waals surface area contributed by atoms with Gasteiger partial charge in [0.05, 0.1) is 35.2 Å². The van der Waals surface area contributed by atoms with E-state index < -0.39 is 16.2 Å². The maximum atomic E-state index is 13.5. The molecule has 2 aliphatic rings. The zero-order chi connectivity index (χ0) is 27.0. The number of hydrogen-bond acceptors (Lipinski definition) is 5. The standard InChI is InChI=1S/C28H25BrFN3O5/c1-17-23(11-21(29)12-24(17)33(36)37)26(34)31-25-13-32(14-28(25)15-38-16-28)27(35)20-7-5-18(6-8-20)9-19-3-2-4-22(30)10-19/h2-8,10-12,25H,9,13-16H2,1H3,(H,31,34). The van der Waals surface area contributed by atoms with Gasteiger partial charge in [0.1, 0.15) is 5.82 Å². The summed E-state index contributed by atoms with van der Waals surface area (Å²) in [6.45, 7) is 3.09. The van der Waals surface area contributed by atoms with E-state index in [4.69, 9.17) is 4.74 Å². The van der Waals surface area contributed by atoms with Crippen LogP contribution in [0.4, 0.5) is 10.1 Å². The van der Waals surface area contributed by atoms with Crippen molar-refractivity contribution in [1.29, 1.82) is 0 Å². The molecule has 1 spiro atoms. The molecule has 38 heavy (non-hydrogen) atoms. The van der Waals surface area contributed by atoms with Gasteiger partial charge < -0.3 is 15.0 Å². The van der Waals surface area contributed by atoms with E-state index in [1.54, 1.807) is 36.1 Å². The smallest absolute Gasteiger partial charge is 0.274 e. The second kappa shape index (κ2) is 10.3. The summed E-state index contributed by atoms with van der Waals surface area (Å²) in [4.78, 5) is 39.2. The van der Waals surface area contributed by atoms with E-state index in [9.17, 15) is 24.1 Å². The van der Waals surface area contributed by atoms with Gasteiger partial charge in [-0.1, -0.05) is 40.2 Å². The average molecular weight is 582 g/mol. The maximum absolute atomic E-state index is 13.5. The first-order chi connectivity index (χ1) is 18.1. The van der Waals surface area contributed by atoms with E-state index in [0.717, 1.165) is 11.1 Å². The number of rotatable bonds is 6. The monoisotopic (exact) mass is 581 g/mol. The van der Waals surface area contributed by atoms with Crippen LogP contribution in [0.1, 0.15) is 37.4 Å². The zero-order valence-electron chi connectivity index (χ0n) is 20.6. The van der Waals surface area contributed by atoms with Crippen molar-refractivity contribution in [2.75, 3.05) is 26.3 Å². The Kier molecular flexibility index (Phi) is 7.02. The summed E-state index contributed by atoms with van der Waals surface area (Å²) in [5.41, 5.74) is 2.26. The SMILES string of the molecule is Cc1c(C(=O)NC2CN(C(=O)c3ccc(Cc4cccc(F)c4)cc3)CC23COC3)cc(Br)cc1[N+](=O)[O-]. The molecule has 2 aliphatic heterocycles. The van der Waals surface area contributed by atoms with E-state index in [0.29, 0.717) is 42.8 Å². The highest BCUT2D eigenvalue weighted by molar-refractivity contribution is 9.10. The van der Waals surface area contributed by atoms with Crippen LogP contribution < -0.4 is 5.32 Å². The van der Waals surface area contributed by atoms with Crippen LogP contribution in [0.5, 0.6) is 0 Å². The number of nitro benzene ring substituents is 1. The molecule has 3 aromatic rings. The van der Waals surface area contributed by atoms with Crippen molar-refractivity contribution in [3.05, 3.63) is 109 Å². The first kappa shape index (κ1) is 26.0. The summed E-state index contributed by atoms with van der Waals surface area (Å²) in [6, 6.07) is 16.2. The van der Waals surface area contributed by atoms with Gasteiger partial charge in [-0.25, -0.2) is 4.39 Å². The van der Waals surface area contributed by atoms with Crippen molar-refractivity contribution in [3.63, 3.8) is 0 Å². The van der Waals surface area contributed by atoms with Crippen LogP contribution in [0.25, 0.3) is 0 Å². The third-order valence-electron chi connectivity index (χ3n) is 7.30. The molecular weight excluding hydrogens is 557 g/mol.